The lowest BCUT2D eigenvalue weighted by molar-refractivity contribution is -0.143. The van der Waals surface area contributed by atoms with Gasteiger partial charge < -0.3 is 20.6 Å². The van der Waals surface area contributed by atoms with Crippen LogP contribution in [0, 0.1) is 6.92 Å². The van der Waals surface area contributed by atoms with E-state index in [0.717, 1.165) is 5.56 Å². The highest BCUT2D eigenvalue weighted by Crippen LogP contribution is 2.08. The van der Waals surface area contributed by atoms with Crippen LogP contribution < -0.4 is 11.1 Å². The zero-order valence-corrected chi connectivity index (χ0v) is 11.9. The summed E-state index contributed by atoms with van der Waals surface area (Å²) >= 11 is 0. The fourth-order valence-electron chi connectivity index (χ4n) is 2.03. The minimum Gasteiger partial charge on any atom is -0.480 e. The molecule has 0 aliphatic rings. The minimum absolute atomic E-state index is 0.0801. The highest BCUT2D eigenvalue weighted by Gasteiger charge is 2.22. The molecular formula is C14H16N4O4. The number of nitrogens with one attached hydrogen (secondary N) is 1. The van der Waals surface area contributed by atoms with Crippen molar-refractivity contribution >= 4 is 23.4 Å². The van der Waals surface area contributed by atoms with Gasteiger partial charge in [0.1, 0.15) is 11.7 Å². The predicted molar refractivity (Wildman–Crippen MR) is 77.0 cm³/mol. The maximum atomic E-state index is 11.9. The number of amides is 2. The number of nitrogens with two attached hydrogens (primary N) is 1. The Morgan fingerprint density at radius 2 is 2.18 bits per heavy atom. The quantitative estimate of drug-likeness (QED) is 0.671. The number of aromatic nitrogens is 2. The minimum atomic E-state index is -1.33. The van der Waals surface area contributed by atoms with Crippen molar-refractivity contribution in [1.29, 1.82) is 0 Å². The molecule has 0 saturated heterocycles. The highest BCUT2D eigenvalue weighted by atomic mass is 16.4. The van der Waals surface area contributed by atoms with Crippen LogP contribution in [0.5, 0.6) is 0 Å². The number of hydrogen-bond acceptors (Lipinski definition) is 4. The van der Waals surface area contributed by atoms with E-state index < -0.39 is 30.2 Å². The van der Waals surface area contributed by atoms with Crippen molar-refractivity contribution < 1.29 is 19.5 Å². The average molecular weight is 304 g/mol. The van der Waals surface area contributed by atoms with Crippen molar-refractivity contribution in [3.63, 3.8) is 0 Å². The molecule has 2 aromatic heterocycles. The molecule has 116 valence electrons. The molecule has 0 radical (unpaired) electrons. The molecule has 8 nitrogen and oxygen atoms in total. The van der Waals surface area contributed by atoms with Crippen LogP contribution in [0.25, 0.3) is 5.65 Å². The molecule has 2 heterocycles. The van der Waals surface area contributed by atoms with E-state index in [1.807, 2.05) is 25.3 Å². The first-order valence-electron chi connectivity index (χ1n) is 6.60. The molecule has 8 heteroatoms. The Labute approximate surface area is 125 Å². The Bertz CT molecular complexity index is 738. The van der Waals surface area contributed by atoms with Gasteiger partial charge in [-0.15, -0.1) is 0 Å². The zero-order valence-electron chi connectivity index (χ0n) is 11.9. The summed E-state index contributed by atoms with van der Waals surface area (Å²) in [7, 11) is 0. The number of aryl methyl sites for hydroxylation is 1. The summed E-state index contributed by atoms with van der Waals surface area (Å²) < 4.78 is 1.77. The molecular weight excluding hydrogens is 288 g/mol. The summed E-state index contributed by atoms with van der Waals surface area (Å²) in [5.74, 6) is -2.64. The van der Waals surface area contributed by atoms with E-state index >= 15 is 0 Å². The van der Waals surface area contributed by atoms with Gasteiger partial charge in [0.05, 0.1) is 18.5 Å². The molecule has 0 bridgehead atoms. The summed E-state index contributed by atoms with van der Waals surface area (Å²) in [6, 6.07) is 2.45. The first-order valence-corrected chi connectivity index (χ1v) is 6.60. The number of fused-ring (bicyclic) bond motifs is 1. The molecule has 2 rings (SSSR count). The molecule has 1 atom stereocenters. The summed E-state index contributed by atoms with van der Waals surface area (Å²) in [6.07, 6.45) is 2.99. The molecule has 4 N–H and O–H groups in total. The molecule has 0 aliphatic heterocycles. The number of carboxylic acids is 1. The van der Waals surface area contributed by atoms with Crippen molar-refractivity contribution in [2.75, 3.05) is 0 Å². The molecule has 0 saturated carbocycles. The van der Waals surface area contributed by atoms with Gasteiger partial charge in [-0.25, -0.2) is 9.78 Å². The van der Waals surface area contributed by atoms with E-state index in [2.05, 4.69) is 10.3 Å². The van der Waals surface area contributed by atoms with Crippen LogP contribution in [0.15, 0.2) is 24.5 Å². The maximum absolute atomic E-state index is 11.9. The third-order valence-corrected chi connectivity index (χ3v) is 3.05. The molecule has 0 aromatic carbocycles. The lowest BCUT2D eigenvalue weighted by Gasteiger charge is -2.11. The lowest BCUT2D eigenvalue weighted by Crippen LogP contribution is -2.43. The molecule has 2 amide bonds. The second kappa shape index (κ2) is 6.25. The van der Waals surface area contributed by atoms with E-state index in [1.54, 1.807) is 10.6 Å². The largest absolute Gasteiger partial charge is 0.480 e. The third kappa shape index (κ3) is 3.81. The number of rotatable bonds is 6. The Balaban J connectivity index is 2.06. The monoisotopic (exact) mass is 304 g/mol. The topological polar surface area (TPSA) is 127 Å². The number of imidazole rings is 1. The lowest BCUT2D eigenvalue weighted by atomic mass is 10.2. The van der Waals surface area contributed by atoms with Gasteiger partial charge in [-0.2, -0.15) is 0 Å². The first kappa shape index (κ1) is 15.5. The number of pyridine rings is 1. The molecule has 2 aromatic rings. The SMILES string of the molecule is Cc1ccn2cc(CC(=O)NC(CC(N)=O)C(=O)O)nc2c1. The van der Waals surface area contributed by atoms with E-state index in [1.165, 1.54) is 0 Å². The Kier molecular flexibility index (Phi) is 4.40. The van der Waals surface area contributed by atoms with Crippen LogP contribution in [0.4, 0.5) is 0 Å². The fourth-order valence-corrected chi connectivity index (χ4v) is 2.03. The van der Waals surface area contributed by atoms with E-state index in [0.29, 0.717) is 11.3 Å². The van der Waals surface area contributed by atoms with E-state index in [9.17, 15) is 14.4 Å². The fraction of sp³-hybridized carbons (Fsp3) is 0.286. The van der Waals surface area contributed by atoms with Gasteiger partial charge in [0.2, 0.25) is 11.8 Å². The van der Waals surface area contributed by atoms with Gasteiger partial charge in [0.25, 0.3) is 0 Å². The van der Waals surface area contributed by atoms with Gasteiger partial charge in [0.15, 0.2) is 0 Å². The molecule has 0 spiro atoms. The molecule has 0 fully saturated rings. The van der Waals surface area contributed by atoms with Crippen LogP contribution in [-0.2, 0) is 20.8 Å². The molecule has 1 unspecified atom stereocenters. The number of carbonyl (C=O) groups is 3. The van der Waals surface area contributed by atoms with Crippen molar-refractivity contribution in [2.24, 2.45) is 5.73 Å². The van der Waals surface area contributed by atoms with Gasteiger partial charge in [-0.1, -0.05) is 0 Å². The molecule has 0 aliphatic carbocycles. The molecule has 22 heavy (non-hydrogen) atoms. The number of carboxylic acid groups (broad SMARTS) is 1. The summed E-state index contributed by atoms with van der Waals surface area (Å²) in [5, 5.41) is 11.2. The Hall–Kier alpha value is -2.90. The second-order valence-corrected chi connectivity index (χ2v) is 5.01. The van der Waals surface area contributed by atoms with Crippen LogP contribution >= 0.6 is 0 Å². The highest BCUT2D eigenvalue weighted by molar-refractivity contribution is 5.88. The van der Waals surface area contributed by atoms with Gasteiger partial charge in [-0.3, -0.25) is 9.59 Å². The first-order chi connectivity index (χ1) is 10.3. The Morgan fingerprint density at radius 1 is 1.45 bits per heavy atom. The summed E-state index contributed by atoms with van der Waals surface area (Å²) in [6.45, 7) is 1.93. The van der Waals surface area contributed by atoms with Crippen molar-refractivity contribution in [2.45, 2.75) is 25.8 Å². The number of aliphatic carboxylic acids is 1. The third-order valence-electron chi connectivity index (χ3n) is 3.05. The summed E-state index contributed by atoms with van der Waals surface area (Å²) in [5.41, 5.74) is 7.21. The van der Waals surface area contributed by atoms with Crippen molar-refractivity contribution in [3.05, 3.63) is 35.8 Å². The van der Waals surface area contributed by atoms with Gasteiger partial charge in [-0.05, 0) is 24.6 Å². The predicted octanol–water partition coefficient (Wildman–Crippen LogP) is -0.370. The average Bonchev–Trinajstić information content (AvgIpc) is 2.78. The number of carbonyl (C=O) groups excluding carboxylic acids is 2. The maximum Gasteiger partial charge on any atom is 0.326 e. The number of hydrogen-bond donors (Lipinski definition) is 3. The smallest absolute Gasteiger partial charge is 0.326 e. The van der Waals surface area contributed by atoms with Crippen LogP contribution in [0.3, 0.4) is 0 Å². The van der Waals surface area contributed by atoms with Crippen LogP contribution in [0.1, 0.15) is 17.7 Å². The Morgan fingerprint density at radius 3 is 2.82 bits per heavy atom. The standard InChI is InChI=1S/C14H16N4O4/c1-8-2-3-18-7-9(16-12(18)4-8)5-13(20)17-10(14(21)22)6-11(15)19/h2-4,7,10H,5-6H2,1H3,(H2,15,19)(H,17,20)(H,21,22). The van der Waals surface area contributed by atoms with Gasteiger partial charge in [0, 0.05) is 12.4 Å². The number of primary amides is 1. The normalized spacial score (nSPS) is 12.0. The number of nitrogens with zero attached hydrogens (tertiary/aromatic N) is 2. The van der Waals surface area contributed by atoms with Crippen LogP contribution in [-0.4, -0.2) is 38.3 Å². The van der Waals surface area contributed by atoms with E-state index in [4.69, 9.17) is 10.8 Å². The zero-order chi connectivity index (χ0) is 16.3. The van der Waals surface area contributed by atoms with Crippen molar-refractivity contribution in [1.82, 2.24) is 14.7 Å². The summed E-state index contributed by atoms with van der Waals surface area (Å²) in [4.78, 5) is 37.9. The van der Waals surface area contributed by atoms with Gasteiger partial charge >= 0.3 is 5.97 Å². The van der Waals surface area contributed by atoms with Crippen LogP contribution in [0.2, 0.25) is 0 Å². The van der Waals surface area contributed by atoms with Crippen molar-refractivity contribution in [3.8, 4) is 0 Å². The van der Waals surface area contributed by atoms with E-state index in [-0.39, 0.29) is 6.42 Å². The second-order valence-electron chi connectivity index (χ2n) is 5.01.